The lowest BCUT2D eigenvalue weighted by molar-refractivity contribution is -0.345. The molecule has 0 spiro atoms. The van der Waals surface area contributed by atoms with Crippen molar-refractivity contribution in [2.45, 2.75) is 45.1 Å². The van der Waals surface area contributed by atoms with Gasteiger partial charge in [-0.25, -0.2) is 0 Å². The van der Waals surface area contributed by atoms with Gasteiger partial charge >= 0.3 is 6.36 Å². The molecule has 0 heterocycles. The summed E-state index contributed by atoms with van der Waals surface area (Å²) in [5.41, 5.74) is 0. The van der Waals surface area contributed by atoms with Gasteiger partial charge in [0.25, 0.3) is 0 Å². The first-order valence-electron chi connectivity index (χ1n) is 4.22. The van der Waals surface area contributed by atoms with E-state index in [4.69, 9.17) is 0 Å². The van der Waals surface area contributed by atoms with Gasteiger partial charge in [0, 0.05) is 0 Å². The van der Waals surface area contributed by atoms with Gasteiger partial charge < -0.3 is 0 Å². The number of rotatable bonds is 1. The summed E-state index contributed by atoms with van der Waals surface area (Å²) >= 11 is 0. The van der Waals surface area contributed by atoms with E-state index in [2.05, 4.69) is 11.7 Å². The second-order valence-corrected chi connectivity index (χ2v) is 3.45. The van der Waals surface area contributed by atoms with E-state index >= 15 is 0 Å². The maximum Gasteiger partial charge on any atom is 0.522 e. The Labute approximate surface area is 69.9 Å². The van der Waals surface area contributed by atoms with Crippen LogP contribution in [-0.2, 0) is 4.74 Å². The molecule has 72 valence electrons. The minimum atomic E-state index is -4.45. The summed E-state index contributed by atoms with van der Waals surface area (Å²) in [5.74, 6) is 0.554. The molecular weight excluding hydrogens is 169 g/mol. The van der Waals surface area contributed by atoms with Crippen LogP contribution in [-0.4, -0.2) is 12.5 Å². The fourth-order valence-corrected chi connectivity index (χ4v) is 1.54. The Morgan fingerprint density at radius 1 is 1.08 bits per heavy atom. The molecule has 4 heteroatoms. The molecule has 0 aromatic heterocycles. The third-order valence-corrected chi connectivity index (χ3v) is 2.26. The van der Waals surface area contributed by atoms with Gasteiger partial charge in [-0.3, -0.25) is 4.74 Å². The van der Waals surface area contributed by atoms with Crippen molar-refractivity contribution in [3.05, 3.63) is 0 Å². The lowest BCUT2D eigenvalue weighted by Gasteiger charge is -2.26. The minimum Gasteiger partial charge on any atom is -0.289 e. The summed E-state index contributed by atoms with van der Waals surface area (Å²) in [5, 5.41) is 0. The van der Waals surface area contributed by atoms with Crippen LogP contribution in [0.3, 0.4) is 0 Å². The molecule has 0 bridgehead atoms. The number of ether oxygens (including phenoxy) is 1. The first-order chi connectivity index (χ1) is 5.47. The Kier molecular flexibility index (Phi) is 2.99. The topological polar surface area (TPSA) is 9.23 Å². The summed E-state index contributed by atoms with van der Waals surface area (Å²) in [7, 11) is 0. The number of hydrogen-bond acceptors (Lipinski definition) is 1. The largest absolute Gasteiger partial charge is 0.522 e. The second kappa shape index (κ2) is 3.64. The second-order valence-electron chi connectivity index (χ2n) is 3.45. The summed E-state index contributed by atoms with van der Waals surface area (Å²) in [6.07, 6.45) is -2.27. The molecule has 0 N–H and O–H groups in total. The zero-order valence-corrected chi connectivity index (χ0v) is 7.03. The molecule has 0 saturated heterocycles. The Bertz CT molecular complexity index is 136. The summed E-state index contributed by atoms with van der Waals surface area (Å²) in [4.78, 5) is 0. The fourth-order valence-electron chi connectivity index (χ4n) is 1.54. The van der Waals surface area contributed by atoms with Gasteiger partial charge in [-0.15, -0.1) is 13.2 Å². The van der Waals surface area contributed by atoms with Crippen molar-refractivity contribution in [1.82, 2.24) is 0 Å². The standard InChI is InChI=1S/C8H13F3O/c1-6-2-4-7(5-3-6)12-8(9,10)11/h6-7H,2-5H2,1H3. The van der Waals surface area contributed by atoms with Crippen LogP contribution in [0.1, 0.15) is 32.6 Å². The van der Waals surface area contributed by atoms with E-state index in [1.807, 2.05) is 0 Å². The smallest absolute Gasteiger partial charge is 0.289 e. The predicted octanol–water partition coefficient (Wildman–Crippen LogP) is 3.10. The molecule has 1 fully saturated rings. The molecule has 12 heavy (non-hydrogen) atoms. The van der Waals surface area contributed by atoms with E-state index < -0.39 is 12.5 Å². The summed E-state index contributed by atoms with van der Waals surface area (Å²) in [6, 6.07) is 0. The molecule has 1 saturated carbocycles. The van der Waals surface area contributed by atoms with Crippen molar-refractivity contribution in [2.24, 2.45) is 5.92 Å². The average Bonchev–Trinajstić information content (AvgIpc) is 1.91. The zero-order chi connectivity index (χ0) is 9.19. The molecular formula is C8H13F3O. The summed E-state index contributed by atoms with van der Waals surface area (Å²) < 4.78 is 39.1. The van der Waals surface area contributed by atoms with Crippen LogP contribution in [0.25, 0.3) is 0 Å². The molecule has 0 aromatic carbocycles. The molecule has 0 aliphatic heterocycles. The van der Waals surface area contributed by atoms with Gasteiger partial charge in [0.05, 0.1) is 6.10 Å². The van der Waals surface area contributed by atoms with Gasteiger partial charge in [0.1, 0.15) is 0 Å². The molecule has 1 aliphatic rings. The zero-order valence-electron chi connectivity index (χ0n) is 7.03. The van der Waals surface area contributed by atoms with Crippen LogP contribution in [0.2, 0.25) is 0 Å². The molecule has 0 atom stereocenters. The van der Waals surface area contributed by atoms with Crippen LogP contribution < -0.4 is 0 Å². The van der Waals surface area contributed by atoms with E-state index in [1.54, 1.807) is 0 Å². The average molecular weight is 182 g/mol. The van der Waals surface area contributed by atoms with Crippen LogP contribution in [0.15, 0.2) is 0 Å². The monoisotopic (exact) mass is 182 g/mol. The van der Waals surface area contributed by atoms with Gasteiger partial charge in [-0.05, 0) is 31.6 Å². The molecule has 1 aliphatic carbocycles. The van der Waals surface area contributed by atoms with Gasteiger partial charge in [0.2, 0.25) is 0 Å². The highest BCUT2D eigenvalue weighted by Crippen LogP contribution is 2.30. The molecule has 0 aromatic rings. The third kappa shape index (κ3) is 3.43. The van der Waals surface area contributed by atoms with E-state index in [9.17, 15) is 13.2 Å². The van der Waals surface area contributed by atoms with Crippen molar-refractivity contribution < 1.29 is 17.9 Å². The highest BCUT2D eigenvalue weighted by atomic mass is 19.4. The van der Waals surface area contributed by atoms with Crippen LogP contribution in [0.4, 0.5) is 13.2 Å². The Morgan fingerprint density at radius 2 is 1.58 bits per heavy atom. The molecule has 1 nitrogen and oxygen atoms in total. The lowest BCUT2D eigenvalue weighted by Crippen LogP contribution is -2.27. The SMILES string of the molecule is CC1CCC(OC(F)(F)F)CC1. The van der Waals surface area contributed by atoms with E-state index in [1.165, 1.54) is 0 Å². The molecule has 1 rings (SSSR count). The lowest BCUT2D eigenvalue weighted by atomic mass is 9.89. The normalized spacial score (nSPS) is 32.0. The van der Waals surface area contributed by atoms with Crippen molar-refractivity contribution in [3.63, 3.8) is 0 Å². The summed E-state index contributed by atoms with van der Waals surface area (Å²) in [6.45, 7) is 2.06. The molecule has 0 radical (unpaired) electrons. The molecule has 0 amide bonds. The highest BCUT2D eigenvalue weighted by molar-refractivity contribution is 4.70. The highest BCUT2D eigenvalue weighted by Gasteiger charge is 2.34. The van der Waals surface area contributed by atoms with Crippen molar-refractivity contribution in [1.29, 1.82) is 0 Å². The van der Waals surface area contributed by atoms with Crippen molar-refractivity contribution in [3.8, 4) is 0 Å². The van der Waals surface area contributed by atoms with Crippen molar-refractivity contribution in [2.75, 3.05) is 0 Å². The van der Waals surface area contributed by atoms with E-state index in [-0.39, 0.29) is 0 Å². The van der Waals surface area contributed by atoms with Gasteiger partial charge in [-0.1, -0.05) is 6.92 Å². The van der Waals surface area contributed by atoms with Gasteiger partial charge in [-0.2, -0.15) is 0 Å². The number of hydrogen-bond donors (Lipinski definition) is 0. The number of halogens is 3. The maximum atomic E-state index is 11.7. The fraction of sp³-hybridized carbons (Fsp3) is 1.00. The third-order valence-electron chi connectivity index (χ3n) is 2.26. The predicted molar refractivity (Wildman–Crippen MR) is 38.6 cm³/mol. The first kappa shape index (κ1) is 9.84. The van der Waals surface area contributed by atoms with E-state index in [0.29, 0.717) is 18.8 Å². The Hall–Kier alpha value is -0.250. The first-order valence-corrected chi connectivity index (χ1v) is 4.22. The number of alkyl halides is 3. The quantitative estimate of drug-likeness (QED) is 0.605. The van der Waals surface area contributed by atoms with Gasteiger partial charge in [0.15, 0.2) is 0 Å². The molecule has 0 unspecified atom stereocenters. The van der Waals surface area contributed by atoms with Crippen LogP contribution in [0, 0.1) is 5.92 Å². The van der Waals surface area contributed by atoms with Crippen LogP contribution in [0.5, 0.6) is 0 Å². The maximum absolute atomic E-state index is 11.7. The van der Waals surface area contributed by atoms with Crippen molar-refractivity contribution >= 4 is 0 Å². The Morgan fingerprint density at radius 3 is 2.00 bits per heavy atom. The minimum absolute atomic E-state index is 0.542. The van der Waals surface area contributed by atoms with Crippen LogP contribution >= 0.6 is 0 Å². The van der Waals surface area contributed by atoms with E-state index in [0.717, 1.165) is 12.8 Å². The Balaban J connectivity index is 2.26.